The van der Waals surface area contributed by atoms with Crippen molar-refractivity contribution in [3.63, 3.8) is 0 Å². The summed E-state index contributed by atoms with van der Waals surface area (Å²) in [7, 11) is 0. The third-order valence-electron chi connectivity index (χ3n) is 6.45. The summed E-state index contributed by atoms with van der Waals surface area (Å²) in [4.78, 5) is 0. The number of aliphatic hydroxyl groups is 7. The summed E-state index contributed by atoms with van der Waals surface area (Å²) in [5, 5.41) is 70.5. The van der Waals surface area contributed by atoms with Gasteiger partial charge in [0.15, 0.2) is 12.6 Å². The van der Waals surface area contributed by atoms with Gasteiger partial charge in [0.2, 0.25) is 0 Å². The topological polar surface area (TPSA) is 283 Å². The molecule has 1 saturated carbocycles. The largest absolute Gasteiger partial charge is 0.394 e. The van der Waals surface area contributed by atoms with Crippen molar-refractivity contribution in [1.29, 1.82) is 0 Å². The molecule has 0 aromatic carbocycles. The Morgan fingerprint density at radius 1 is 0.788 bits per heavy atom. The Kier molecular flexibility index (Phi) is 8.99. The van der Waals surface area contributed by atoms with Gasteiger partial charge in [-0.1, -0.05) is 0 Å². The molecule has 15 N–H and O–H groups in total. The molecule has 194 valence electrons. The van der Waals surface area contributed by atoms with Crippen molar-refractivity contribution in [3.05, 3.63) is 0 Å². The number of aliphatic hydroxyl groups excluding tert-OH is 7. The molecule has 0 aromatic heterocycles. The molecule has 15 nitrogen and oxygen atoms in total. The van der Waals surface area contributed by atoms with Crippen molar-refractivity contribution in [2.24, 2.45) is 22.9 Å². The summed E-state index contributed by atoms with van der Waals surface area (Å²) in [6, 6.07) is -2.95. The zero-order valence-corrected chi connectivity index (χ0v) is 17.9. The van der Waals surface area contributed by atoms with E-state index in [0.29, 0.717) is 0 Å². The Balaban J connectivity index is 1.79. The van der Waals surface area contributed by atoms with Crippen LogP contribution in [0.25, 0.3) is 0 Å². The van der Waals surface area contributed by atoms with Crippen molar-refractivity contribution >= 4 is 0 Å². The average Bonchev–Trinajstić information content (AvgIpc) is 3.06. The van der Waals surface area contributed by atoms with Crippen LogP contribution in [0.15, 0.2) is 0 Å². The molecule has 0 unspecified atom stereocenters. The molecule has 3 rings (SSSR count). The van der Waals surface area contributed by atoms with Gasteiger partial charge in [0.05, 0.1) is 18.8 Å². The van der Waals surface area contributed by atoms with Crippen LogP contribution < -0.4 is 22.9 Å². The SMILES string of the molecule is NC[C@H]1O[C@@H](O[C@@H]2[C@@H](O)[C@H](N)C[C@H](N)[C@H]2O[C@H]2O[C@H]([C@H](O)CO)[C@@H](O)[C@H](O)[C@H]2N)[C@@H](O)[C@H]1O. The molecule has 2 heterocycles. The van der Waals surface area contributed by atoms with E-state index in [0.717, 1.165) is 0 Å². The molecule has 3 fully saturated rings. The fourth-order valence-electron chi connectivity index (χ4n) is 4.39. The molecular weight excluding hydrogens is 448 g/mol. The van der Waals surface area contributed by atoms with Crippen LogP contribution in [0.4, 0.5) is 0 Å². The lowest BCUT2D eigenvalue weighted by atomic mass is 9.84. The second-order valence-corrected chi connectivity index (χ2v) is 8.79. The lowest BCUT2D eigenvalue weighted by Gasteiger charge is -2.47. The van der Waals surface area contributed by atoms with Gasteiger partial charge in [0, 0.05) is 18.6 Å². The first-order valence-corrected chi connectivity index (χ1v) is 10.8. The van der Waals surface area contributed by atoms with E-state index in [1.54, 1.807) is 0 Å². The minimum absolute atomic E-state index is 0.0934. The summed E-state index contributed by atoms with van der Waals surface area (Å²) in [5.74, 6) is 0. The van der Waals surface area contributed by atoms with E-state index in [-0.39, 0.29) is 13.0 Å². The van der Waals surface area contributed by atoms with Crippen LogP contribution in [-0.4, -0.2) is 141 Å². The summed E-state index contributed by atoms with van der Waals surface area (Å²) < 4.78 is 22.5. The first-order valence-electron chi connectivity index (χ1n) is 10.8. The maximum Gasteiger partial charge on any atom is 0.187 e. The van der Waals surface area contributed by atoms with Crippen LogP contribution in [0.1, 0.15) is 6.42 Å². The van der Waals surface area contributed by atoms with Crippen molar-refractivity contribution in [1.82, 2.24) is 0 Å². The Morgan fingerprint density at radius 3 is 2.00 bits per heavy atom. The van der Waals surface area contributed by atoms with Gasteiger partial charge < -0.3 is 77.6 Å². The molecule has 0 spiro atoms. The highest BCUT2D eigenvalue weighted by molar-refractivity contribution is 5.02. The van der Waals surface area contributed by atoms with Crippen LogP contribution in [0.2, 0.25) is 0 Å². The molecule has 0 amide bonds. The summed E-state index contributed by atoms with van der Waals surface area (Å²) in [6.07, 6.45) is -16.4. The molecule has 33 heavy (non-hydrogen) atoms. The van der Waals surface area contributed by atoms with Crippen LogP contribution in [-0.2, 0) is 18.9 Å². The first-order chi connectivity index (χ1) is 15.5. The molecule has 3 aliphatic rings. The van der Waals surface area contributed by atoms with E-state index in [9.17, 15) is 35.7 Å². The number of hydrogen-bond donors (Lipinski definition) is 11. The Hall–Kier alpha value is -0.600. The first kappa shape index (κ1) is 27.0. The predicted molar refractivity (Wildman–Crippen MR) is 108 cm³/mol. The van der Waals surface area contributed by atoms with E-state index in [4.69, 9.17) is 41.9 Å². The fraction of sp³-hybridized carbons (Fsp3) is 1.00. The van der Waals surface area contributed by atoms with Gasteiger partial charge in [0.1, 0.15) is 54.9 Å². The Morgan fingerprint density at radius 2 is 1.42 bits per heavy atom. The van der Waals surface area contributed by atoms with Crippen molar-refractivity contribution in [3.8, 4) is 0 Å². The van der Waals surface area contributed by atoms with Crippen molar-refractivity contribution in [2.45, 2.75) is 98.2 Å². The molecule has 1 aliphatic carbocycles. The molecular formula is C18H36N4O11. The lowest BCUT2D eigenvalue weighted by Crippen LogP contribution is -2.68. The third-order valence-corrected chi connectivity index (χ3v) is 6.45. The summed E-state index contributed by atoms with van der Waals surface area (Å²) in [6.45, 7) is -0.857. The lowest BCUT2D eigenvalue weighted by molar-refractivity contribution is -0.317. The molecule has 2 saturated heterocycles. The van der Waals surface area contributed by atoms with E-state index >= 15 is 0 Å². The van der Waals surface area contributed by atoms with E-state index in [1.165, 1.54) is 0 Å². The second-order valence-electron chi connectivity index (χ2n) is 8.79. The van der Waals surface area contributed by atoms with Gasteiger partial charge in [-0.05, 0) is 6.42 Å². The smallest absolute Gasteiger partial charge is 0.187 e. The van der Waals surface area contributed by atoms with Crippen LogP contribution in [0.3, 0.4) is 0 Å². The van der Waals surface area contributed by atoms with Gasteiger partial charge in [-0.15, -0.1) is 0 Å². The van der Waals surface area contributed by atoms with Crippen LogP contribution in [0, 0.1) is 0 Å². The molecule has 15 heteroatoms. The number of nitrogens with two attached hydrogens (primary N) is 4. The minimum atomic E-state index is -1.61. The summed E-state index contributed by atoms with van der Waals surface area (Å²) in [5.41, 5.74) is 23.6. The highest BCUT2D eigenvalue weighted by Crippen LogP contribution is 2.32. The standard InChI is InChI=1S/C18H36N4O11/c19-2-7-10(26)13(29)18(30-7)33-16-9(25)4(20)1-5(21)14(16)31-17-8(22)11(27)12(28)15(32-17)6(24)3-23/h4-18,23-29H,1-3,19-22H2/t4-,5+,6-,7-,8-,9+,10+,11-,12+,13+,14-,15-,16-,17+,18+/m1/s1. The molecule has 0 bridgehead atoms. The Labute approximate surface area is 189 Å². The highest BCUT2D eigenvalue weighted by Gasteiger charge is 2.52. The van der Waals surface area contributed by atoms with E-state index < -0.39 is 98.4 Å². The van der Waals surface area contributed by atoms with Gasteiger partial charge in [-0.2, -0.15) is 0 Å². The zero-order valence-electron chi connectivity index (χ0n) is 17.9. The summed E-state index contributed by atoms with van der Waals surface area (Å²) >= 11 is 0. The fourth-order valence-corrected chi connectivity index (χ4v) is 4.39. The van der Waals surface area contributed by atoms with Gasteiger partial charge in [-0.3, -0.25) is 0 Å². The molecule has 2 aliphatic heterocycles. The van der Waals surface area contributed by atoms with Crippen molar-refractivity contribution < 1.29 is 54.7 Å². The molecule has 0 radical (unpaired) electrons. The zero-order chi connectivity index (χ0) is 24.6. The number of ether oxygens (including phenoxy) is 4. The average molecular weight is 485 g/mol. The van der Waals surface area contributed by atoms with Gasteiger partial charge in [-0.25, -0.2) is 0 Å². The molecule has 15 atom stereocenters. The number of rotatable bonds is 7. The Bertz CT molecular complexity index is 638. The quantitative estimate of drug-likeness (QED) is 0.160. The third kappa shape index (κ3) is 5.32. The van der Waals surface area contributed by atoms with Gasteiger partial charge in [0.25, 0.3) is 0 Å². The number of hydrogen-bond acceptors (Lipinski definition) is 15. The van der Waals surface area contributed by atoms with Crippen molar-refractivity contribution in [2.75, 3.05) is 13.2 Å². The normalized spacial score (nSPS) is 52.1. The van der Waals surface area contributed by atoms with E-state index in [2.05, 4.69) is 0 Å². The predicted octanol–water partition coefficient (Wildman–Crippen LogP) is -7.29. The monoisotopic (exact) mass is 484 g/mol. The van der Waals surface area contributed by atoms with Crippen LogP contribution in [0.5, 0.6) is 0 Å². The minimum Gasteiger partial charge on any atom is -0.394 e. The van der Waals surface area contributed by atoms with Gasteiger partial charge >= 0.3 is 0 Å². The maximum atomic E-state index is 10.7. The molecule has 0 aromatic rings. The highest BCUT2D eigenvalue weighted by atomic mass is 16.7. The van der Waals surface area contributed by atoms with Crippen LogP contribution >= 0.6 is 0 Å². The second kappa shape index (κ2) is 11.0. The van der Waals surface area contributed by atoms with E-state index in [1.807, 2.05) is 0 Å². The maximum absolute atomic E-state index is 10.7.